The first-order valence-electron chi connectivity index (χ1n) is 4.70. The van der Waals surface area contributed by atoms with Crippen LogP contribution in [-0.4, -0.2) is 12.7 Å². The average Bonchev–Trinajstić information content (AvgIpc) is 2.76. The van der Waals surface area contributed by atoms with Crippen LogP contribution < -0.4 is 0 Å². The van der Waals surface area contributed by atoms with E-state index in [4.69, 9.17) is 16.3 Å². The molecule has 0 aliphatic carbocycles. The summed E-state index contributed by atoms with van der Waals surface area (Å²) in [6.07, 6.45) is 2.64. The molecule has 0 saturated carbocycles. The maximum atomic E-state index is 6.04. The topological polar surface area (TPSA) is 9.23 Å². The van der Waals surface area contributed by atoms with Crippen molar-refractivity contribution in [1.29, 1.82) is 0 Å². The van der Waals surface area contributed by atoms with Gasteiger partial charge in [-0.05, 0) is 31.4 Å². The summed E-state index contributed by atoms with van der Waals surface area (Å²) in [4.78, 5) is 1.58. The Balaban J connectivity index is 2.13. The SMILES string of the molecule is Cc1cc(C(Br)C2CCCO2)sc1Cl. The molecule has 78 valence electrons. The summed E-state index contributed by atoms with van der Waals surface area (Å²) in [5.41, 5.74) is 1.16. The summed E-state index contributed by atoms with van der Waals surface area (Å²) < 4.78 is 6.53. The van der Waals surface area contributed by atoms with Gasteiger partial charge < -0.3 is 4.74 Å². The molecule has 2 heterocycles. The van der Waals surface area contributed by atoms with E-state index in [9.17, 15) is 0 Å². The van der Waals surface area contributed by atoms with Gasteiger partial charge in [0.1, 0.15) is 0 Å². The highest BCUT2D eigenvalue weighted by molar-refractivity contribution is 9.09. The number of ether oxygens (including phenoxy) is 1. The molecule has 1 aromatic heterocycles. The van der Waals surface area contributed by atoms with Crippen LogP contribution in [0.15, 0.2) is 6.07 Å². The van der Waals surface area contributed by atoms with Crippen molar-refractivity contribution in [1.82, 2.24) is 0 Å². The van der Waals surface area contributed by atoms with Crippen LogP contribution >= 0.6 is 38.9 Å². The number of hydrogen-bond donors (Lipinski definition) is 0. The number of rotatable bonds is 2. The van der Waals surface area contributed by atoms with Gasteiger partial charge in [0.05, 0.1) is 15.3 Å². The summed E-state index contributed by atoms with van der Waals surface area (Å²) in [5, 5.41) is 0. The normalized spacial score (nSPS) is 24.1. The molecule has 14 heavy (non-hydrogen) atoms. The van der Waals surface area contributed by atoms with E-state index in [1.165, 1.54) is 11.3 Å². The van der Waals surface area contributed by atoms with Crippen molar-refractivity contribution >= 4 is 38.9 Å². The summed E-state index contributed by atoms with van der Waals surface area (Å²) in [6, 6.07) is 2.15. The molecule has 1 saturated heterocycles. The monoisotopic (exact) mass is 294 g/mol. The number of hydrogen-bond acceptors (Lipinski definition) is 2. The van der Waals surface area contributed by atoms with Crippen LogP contribution in [0.4, 0.5) is 0 Å². The fourth-order valence-corrected chi connectivity index (χ4v) is 3.71. The fourth-order valence-electron chi connectivity index (χ4n) is 1.64. The average molecular weight is 296 g/mol. The van der Waals surface area contributed by atoms with E-state index in [1.54, 1.807) is 11.3 Å². The molecule has 2 rings (SSSR count). The Morgan fingerprint density at radius 1 is 1.71 bits per heavy atom. The maximum Gasteiger partial charge on any atom is 0.0960 e. The van der Waals surface area contributed by atoms with Gasteiger partial charge in [0.2, 0.25) is 0 Å². The van der Waals surface area contributed by atoms with Crippen molar-refractivity contribution in [3.8, 4) is 0 Å². The van der Waals surface area contributed by atoms with Gasteiger partial charge in [-0.2, -0.15) is 0 Å². The highest BCUT2D eigenvalue weighted by Gasteiger charge is 2.26. The predicted molar refractivity (Wildman–Crippen MR) is 64.7 cm³/mol. The van der Waals surface area contributed by atoms with E-state index in [0.717, 1.165) is 22.9 Å². The van der Waals surface area contributed by atoms with Gasteiger partial charge in [-0.1, -0.05) is 27.5 Å². The highest BCUT2D eigenvalue weighted by atomic mass is 79.9. The lowest BCUT2D eigenvalue weighted by Gasteiger charge is -2.14. The minimum Gasteiger partial charge on any atom is -0.377 e. The minimum atomic E-state index is 0.307. The molecule has 1 fully saturated rings. The summed E-state index contributed by atoms with van der Waals surface area (Å²) in [7, 11) is 0. The Morgan fingerprint density at radius 2 is 2.50 bits per heavy atom. The van der Waals surface area contributed by atoms with Gasteiger partial charge >= 0.3 is 0 Å². The van der Waals surface area contributed by atoms with Crippen LogP contribution in [0.1, 0.15) is 28.1 Å². The van der Waals surface area contributed by atoms with E-state index in [1.807, 2.05) is 6.92 Å². The molecule has 0 bridgehead atoms. The lowest BCUT2D eigenvalue weighted by atomic mass is 10.1. The Bertz CT molecular complexity index is 300. The maximum absolute atomic E-state index is 6.04. The van der Waals surface area contributed by atoms with E-state index < -0.39 is 0 Å². The third kappa shape index (κ3) is 2.16. The Hall–Kier alpha value is 0.430. The number of thiophene rings is 1. The molecule has 0 aromatic carbocycles. The minimum absolute atomic E-state index is 0.307. The van der Waals surface area contributed by atoms with Crippen LogP contribution in [0.5, 0.6) is 0 Å². The van der Waals surface area contributed by atoms with Gasteiger partial charge in [0, 0.05) is 11.5 Å². The van der Waals surface area contributed by atoms with Crippen molar-refractivity contribution in [2.75, 3.05) is 6.61 Å². The summed E-state index contributed by atoms with van der Waals surface area (Å²) in [5.74, 6) is 0. The molecule has 1 aliphatic heterocycles. The number of alkyl halides is 1. The second kappa shape index (κ2) is 4.52. The lowest BCUT2D eigenvalue weighted by Crippen LogP contribution is -2.10. The van der Waals surface area contributed by atoms with Crippen LogP contribution in [0.3, 0.4) is 0 Å². The first-order valence-corrected chi connectivity index (χ1v) is 6.81. The van der Waals surface area contributed by atoms with Crippen LogP contribution in [0, 0.1) is 6.92 Å². The third-order valence-corrected chi connectivity index (χ3v) is 5.46. The zero-order valence-corrected chi connectivity index (χ0v) is 11.1. The van der Waals surface area contributed by atoms with Gasteiger partial charge in [0.25, 0.3) is 0 Å². The number of aryl methyl sites for hydroxylation is 1. The zero-order valence-electron chi connectivity index (χ0n) is 7.93. The summed E-state index contributed by atoms with van der Waals surface area (Å²) in [6.45, 7) is 2.93. The third-order valence-electron chi connectivity index (χ3n) is 2.44. The standard InChI is InChI=1S/C10H12BrClOS/c1-6-5-8(14-10(6)12)9(11)7-3-2-4-13-7/h5,7,9H,2-4H2,1H3. The number of halogens is 2. The van der Waals surface area contributed by atoms with Crippen molar-refractivity contribution in [2.24, 2.45) is 0 Å². The van der Waals surface area contributed by atoms with Gasteiger partial charge in [-0.3, -0.25) is 0 Å². The van der Waals surface area contributed by atoms with Gasteiger partial charge in [0.15, 0.2) is 0 Å². The molecule has 4 heteroatoms. The van der Waals surface area contributed by atoms with Crippen molar-refractivity contribution in [3.63, 3.8) is 0 Å². The second-order valence-corrected chi connectivity index (χ2v) is 6.23. The molecule has 0 spiro atoms. The molecule has 1 aromatic rings. The van der Waals surface area contributed by atoms with Gasteiger partial charge in [-0.25, -0.2) is 0 Å². The summed E-state index contributed by atoms with van der Waals surface area (Å²) >= 11 is 11.4. The fraction of sp³-hybridized carbons (Fsp3) is 0.600. The van der Waals surface area contributed by atoms with Crippen LogP contribution in [-0.2, 0) is 4.74 Å². The van der Waals surface area contributed by atoms with Crippen molar-refractivity contribution in [3.05, 3.63) is 20.8 Å². The molecule has 1 aliphatic rings. The molecule has 1 nitrogen and oxygen atoms in total. The first kappa shape index (κ1) is 10.9. The van der Waals surface area contributed by atoms with E-state index in [0.29, 0.717) is 10.9 Å². The zero-order chi connectivity index (χ0) is 10.1. The molecule has 0 radical (unpaired) electrons. The van der Waals surface area contributed by atoms with Crippen LogP contribution in [0.2, 0.25) is 4.34 Å². The molecule has 2 atom stereocenters. The smallest absolute Gasteiger partial charge is 0.0960 e. The predicted octanol–water partition coefficient (Wildman–Crippen LogP) is 4.32. The molecule has 2 unspecified atom stereocenters. The Kier molecular flexibility index (Phi) is 3.53. The van der Waals surface area contributed by atoms with E-state index in [2.05, 4.69) is 22.0 Å². The largest absolute Gasteiger partial charge is 0.377 e. The molecular formula is C10H12BrClOS. The lowest BCUT2D eigenvalue weighted by molar-refractivity contribution is 0.111. The highest BCUT2D eigenvalue weighted by Crippen LogP contribution is 2.40. The van der Waals surface area contributed by atoms with Gasteiger partial charge in [-0.15, -0.1) is 11.3 Å². The Morgan fingerprint density at radius 3 is 3.00 bits per heavy atom. The first-order chi connectivity index (χ1) is 6.68. The van der Waals surface area contributed by atoms with Crippen molar-refractivity contribution in [2.45, 2.75) is 30.7 Å². The quantitative estimate of drug-likeness (QED) is 0.738. The molecular weight excluding hydrogens is 284 g/mol. The Labute approximate surface area is 102 Å². The van der Waals surface area contributed by atoms with Crippen molar-refractivity contribution < 1.29 is 4.74 Å². The molecule has 0 N–H and O–H groups in total. The molecule has 0 amide bonds. The van der Waals surface area contributed by atoms with Crippen LogP contribution in [0.25, 0.3) is 0 Å². The second-order valence-electron chi connectivity index (χ2n) is 3.56. The van der Waals surface area contributed by atoms with E-state index in [-0.39, 0.29) is 0 Å². The van der Waals surface area contributed by atoms with E-state index >= 15 is 0 Å².